The summed E-state index contributed by atoms with van der Waals surface area (Å²) in [6.07, 6.45) is -2.31. The molecule has 2 atom stereocenters. The zero-order chi connectivity index (χ0) is 38.9. The van der Waals surface area contributed by atoms with Crippen LogP contribution in [-0.4, -0.2) is 124 Å². The number of amides is 3. The molecule has 16 heteroatoms. The second-order valence-corrected chi connectivity index (χ2v) is 14.0. The lowest BCUT2D eigenvalue weighted by molar-refractivity contribution is -0.141. The van der Waals surface area contributed by atoms with Gasteiger partial charge >= 0.3 is 6.18 Å². The van der Waals surface area contributed by atoms with Crippen molar-refractivity contribution in [3.63, 3.8) is 0 Å². The Morgan fingerprint density at radius 2 is 1.78 bits per heavy atom. The third kappa shape index (κ3) is 7.88. The predicted molar refractivity (Wildman–Crippen MR) is 196 cm³/mol. The quantitative estimate of drug-likeness (QED) is 0.229. The van der Waals surface area contributed by atoms with E-state index >= 15 is 0 Å². The molecule has 2 aromatic carbocycles. The van der Waals surface area contributed by atoms with E-state index in [0.717, 1.165) is 51.2 Å². The van der Waals surface area contributed by atoms with E-state index in [9.17, 15) is 27.6 Å². The number of likely N-dealkylation sites (N-methyl/N-ethyl adjacent to an activating group) is 2. The zero-order valence-electron chi connectivity index (χ0n) is 30.6. The Balaban J connectivity index is 1.15. The molecule has 3 aliphatic rings. The number of anilines is 1. The minimum atomic E-state index is -4.80. The summed E-state index contributed by atoms with van der Waals surface area (Å²) in [5.41, 5.74) is 1.90. The van der Waals surface area contributed by atoms with E-state index in [4.69, 9.17) is 4.74 Å². The number of rotatable bonds is 11. The minimum absolute atomic E-state index is 0.190. The molecule has 2 fully saturated rings. The molecule has 0 bridgehead atoms. The lowest BCUT2D eigenvalue weighted by Crippen LogP contribution is -2.56. The number of hydrogen-bond donors (Lipinski definition) is 1. The van der Waals surface area contributed by atoms with Gasteiger partial charge in [-0.15, -0.1) is 0 Å². The summed E-state index contributed by atoms with van der Waals surface area (Å²) in [6, 6.07) is 16.5. The van der Waals surface area contributed by atoms with Crippen molar-refractivity contribution in [1.29, 1.82) is 0 Å². The SMILES string of the molecule is C=C(CN1CCN(C2COC2)CC1)C(=O)N(C)Cc1cccc([C@@H]2c3cnn(-c4ccccc4)c3N(CC)C(=O)[C@H]2NC(=O)c2nccc(C(F)(F)F)n2)c1. The fraction of sp³-hybridized carbons (Fsp3) is 0.385. The predicted octanol–water partition coefficient (Wildman–Crippen LogP) is 3.51. The Morgan fingerprint density at radius 1 is 1.04 bits per heavy atom. The maximum absolute atomic E-state index is 14.4. The van der Waals surface area contributed by atoms with Gasteiger partial charge in [0.25, 0.3) is 17.7 Å². The Labute approximate surface area is 316 Å². The maximum Gasteiger partial charge on any atom is 0.433 e. The molecular formula is C39H42F3N9O4. The number of carbonyl (C=O) groups is 3. The fourth-order valence-electron chi connectivity index (χ4n) is 7.41. The molecule has 3 amide bonds. The van der Waals surface area contributed by atoms with Crippen LogP contribution in [0.4, 0.5) is 19.0 Å². The van der Waals surface area contributed by atoms with Gasteiger partial charge < -0.3 is 15.0 Å². The van der Waals surface area contributed by atoms with Crippen molar-refractivity contribution in [3.8, 4) is 5.69 Å². The van der Waals surface area contributed by atoms with Crippen LogP contribution in [0.2, 0.25) is 0 Å². The highest BCUT2D eigenvalue weighted by molar-refractivity contribution is 6.04. The Bertz CT molecular complexity index is 2060. The summed E-state index contributed by atoms with van der Waals surface area (Å²) >= 11 is 0. The third-order valence-corrected chi connectivity index (χ3v) is 10.3. The molecule has 4 aromatic rings. The molecular weight excluding hydrogens is 715 g/mol. The van der Waals surface area contributed by atoms with Gasteiger partial charge in [-0.05, 0) is 36.2 Å². The van der Waals surface area contributed by atoms with Gasteiger partial charge in [-0.25, -0.2) is 14.6 Å². The molecule has 13 nitrogen and oxygen atoms in total. The number of halogens is 3. The van der Waals surface area contributed by atoms with E-state index < -0.39 is 41.5 Å². The van der Waals surface area contributed by atoms with Crippen molar-refractivity contribution in [2.45, 2.75) is 37.6 Å². The molecule has 0 unspecified atom stereocenters. The number of aromatic nitrogens is 4. The van der Waals surface area contributed by atoms with Crippen LogP contribution in [-0.2, 0) is 27.0 Å². The number of ether oxygens (including phenoxy) is 1. The second kappa shape index (κ2) is 15.7. The summed E-state index contributed by atoms with van der Waals surface area (Å²) in [6.45, 7) is 11.8. The molecule has 288 valence electrons. The van der Waals surface area contributed by atoms with E-state index in [1.165, 1.54) is 4.90 Å². The van der Waals surface area contributed by atoms with E-state index in [-0.39, 0.29) is 19.0 Å². The average Bonchev–Trinajstić information content (AvgIpc) is 3.59. The summed E-state index contributed by atoms with van der Waals surface area (Å²) < 4.78 is 47.5. The van der Waals surface area contributed by atoms with E-state index in [1.807, 2.05) is 48.5 Å². The van der Waals surface area contributed by atoms with Crippen LogP contribution in [0, 0.1) is 0 Å². The number of alkyl halides is 3. The highest BCUT2D eigenvalue weighted by Crippen LogP contribution is 2.42. The molecule has 0 radical (unpaired) electrons. The number of nitrogens with one attached hydrogen (secondary N) is 1. The monoisotopic (exact) mass is 757 g/mol. The van der Waals surface area contributed by atoms with Gasteiger partial charge in [0.05, 0.1) is 31.1 Å². The lowest BCUT2D eigenvalue weighted by Gasteiger charge is -2.42. The first-order valence-corrected chi connectivity index (χ1v) is 18.1. The topological polar surface area (TPSA) is 129 Å². The van der Waals surface area contributed by atoms with Crippen molar-refractivity contribution < 1.29 is 32.3 Å². The zero-order valence-corrected chi connectivity index (χ0v) is 30.6. The molecule has 7 rings (SSSR count). The molecule has 0 spiro atoms. The van der Waals surface area contributed by atoms with Crippen molar-refractivity contribution in [1.82, 2.24) is 39.8 Å². The average molecular weight is 758 g/mol. The van der Waals surface area contributed by atoms with Gasteiger partial charge in [0.15, 0.2) is 0 Å². The number of nitrogens with zero attached hydrogens (tertiary/aromatic N) is 8. The standard InChI is InChI=1S/C39H42F3N9O4/c1-4-50-36-30(20-44-51(36)28-11-6-5-7-12-28)32(33(38(50)54)46-35(52)34-43-14-13-31(45-34)39(40,41)42)27-10-8-9-26(19-27)22-47(3)37(53)25(2)21-48-15-17-49(18-16-48)29-23-55-24-29/h5-14,19-20,29,32-33H,2,4,15-18,21-24H2,1,3H3,(H,46,52)/t32-,33+/m1/s1. The van der Waals surface area contributed by atoms with Crippen LogP contribution in [0.3, 0.4) is 0 Å². The van der Waals surface area contributed by atoms with Crippen molar-refractivity contribution in [3.05, 3.63) is 113 Å². The van der Waals surface area contributed by atoms with E-state index in [2.05, 4.69) is 36.8 Å². The largest absolute Gasteiger partial charge is 0.433 e. The van der Waals surface area contributed by atoms with Gasteiger partial charge in [-0.2, -0.15) is 18.3 Å². The summed E-state index contributed by atoms with van der Waals surface area (Å²) in [5, 5.41) is 7.32. The molecule has 3 aliphatic heterocycles. The van der Waals surface area contributed by atoms with Gasteiger partial charge in [-0.1, -0.05) is 49.0 Å². The molecule has 2 saturated heterocycles. The fourth-order valence-corrected chi connectivity index (χ4v) is 7.41. The summed E-state index contributed by atoms with van der Waals surface area (Å²) in [5.74, 6) is -2.76. The number of fused-ring (bicyclic) bond motifs is 1. The number of piperazine rings is 1. The molecule has 1 N–H and O–H groups in total. The second-order valence-electron chi connectivity index (χ2n) is 14.0. The van der Waals surface area contributed by atoms with Crippen molar-refractivity contribution >= 4 is 23.5 Å². The first-order valence-electron chi connectivity index (χ1n) is 18.1. The maximum atomic E-state index is 14.4. The number of carbonyl (C=O) groups excluding carboxylic acids is 3. The molecule has 0 saturated carbocycles. The van der Waals surface area contributed by atoms with Crippen LogP contribution in [0.15, 0.2) is 85.2 Å². The molecule has 0 aliphatic carbocycles. The van der Waals surface area contributed by atoms with Crippen LogP contribution >= 0.6 is 0 Å². The van der Waals surface area contributed by atoms with Crippen LogP contribution in [0.25, 0.3) is 5.69 Å². The van der Waals surface area contributed by atoms with Crippen LogP contribution < -0.4 is 10.2 Å². The van der Waals surface area contributed by atoms with Gasteiger partial charge in [0, 0.05) is 76.1 Å². The lowest BCUT2D eigenvalue weighted by atomic mass is 9.82. The third-order valence-electron chi connectivity index (χ3n) is 10.3. The highest BCUT2D eigenvalue weighted by atomic mass is 19.4. The number of hydrogen-bond acceptors (Lipinski definition) is 9. The first kappa shape index (κ1) is 37.8. The van der Waals surface area contributed by atoms with Gasteiger partial charge in [-0.3, -0.25) is 29.1 Å². The van der Waals surface area contributed by atoms with Crippen molar-refractivity contribution in [2.24, 2.45) is 0 Å². The van der Waals surface area contributed by atoms with E-state index in [1.54, 1.807) is 35.8 Å². The minimum Gasteiger partial charge on any atom is -0.378 e. The normalized spacial score (nSPS) is 19.4. The van der Waals surface area contributed by atoms with Gasteiger partial charge in [0.2, 0.25) is 5.82 Å². The van der Waals surface area contributed by atoms with Crippen LogP contribution in [0.5, 0.6) is 0 Å². The number of benzene rings is 2. The van der Waals surface area contributed by atoms with Gasteiger partial charge in [0.1, 0.15) is 17.6 Å². The van der Waals surface area contributed by atoms with Crippen molar-refractivity contribution in [2.75, 3.05) is 64.4 Å². The van der Waals surface area contributed by atoms with E-state index in [0.29, 0.717) is 46.9 Å². The Kier molecular flexibility index (Phi) is 10.8. The molecule has 5 heterocycles. The smallest absolute Gasteiger partial charge is 0.378 e. The Hall–Kier alpha value is -5.45. The summed E-state index contributed by atoms with van der Waals surface area (Å²) in [7, 11) is 1.71. The van der Waals surface area contributed by atoms with Crippen LogP contribution in [0.1, 0.15) is 45.8 Å². The highest BCUT2D eigenvalue weighted by Gasteiger charge is 2.45. The summed E-state index contributed by atoms with van der Waals surface area (Å²) in [4.78, 5) is 56.5. The first-order chi connectivity index (χ1) is 26.4. The molecule has 2 aromatic heterocycles. The molecule has 55 heavy (non-hydrogen) atoms. The number of para-hydroxylation sites is 1. The Morgan fingerprint density at radius 3 is 2.45 bits per heavy atom.